The van der Waals surface area contributed by atoms with Gasteiger partial charge in [-0.25, -0.2) is 0 Å². The molecular weight excluding hydrogens is 226 g/mol. The number of nitrogens with one attached hydrogen (secondary N) is 1. The maximum atomic E-state index is 11.1. The van der Waals surface area contributed by atoms with E-state index in [0.717, 1.165) is 32.1 Å². The summed E-state index contributed by atoms with van der Waals surface area (Å²) < 4.78 is 0. The van der Waals surface area contributed by atoms with E-state index in [1.165, 1.54) is 0 Å². The van der Waals surface area contributed by atoms with Crippen LogP contribution in [0.2, 0.25) is 0 Å². The number of aliphatic carboxylic acids is 1. The number of carbonyl (C=O) groups is 1. The predicted molar refractivity (Wildman–Crippen MR) is 74.7 cm³/mol. The minimum atomic E-state index is -0.630. The molecule has 0 heterocycles. The summed E-state index contributed by atoms with van der Waals surface area (Å²) in [6, 6.07) is 0.359. The van der Waals surface area contributed by atoms with Gasteiger partial charge in [0.2, 0.25) is 0 Å². The predicted octanol–water partition coefficient (Wildman–Crippen LogP) is 3.43. The fraction of sp³-hybridized carbons (Fsp3) is 0.933. The molecule has 0 aliphatic heterocycles. The Labute approximate surface area is 111 Å². The van der Waals surface area contributed by atoms with Crippen LogP contribution in [0.4, 0.5) is 0 Å². The van der Waals surface area contributed by atoms with Crippen molar-refractivity contribution in [2.24, 2.45) is 11.3 Å². The summed E-state index contributed by atoms with van der Waals surface area (Å²) >= 11 is 0. The Bertz CT molecular complexity index is 291. The Balaban J connectivity index is 2.53. The Kier molecular flexibility index (Phi) is 4.82. The van der Waals surface area contributed by atoms with Crippen LogP contribution in [0.1, 0.15) is 66.7 Å². The summed E-state index contributed by atoms with van der Waals surface area (Å²) in [6.45, 7) is 11.2. The second-order valence-corrected chi connectivity index (χ2v) is 7.66. The van der Waals surface area contributed by atoms with E-state index in [1.807, 2.05) is 0 Å². The molecule has 0 amide bonds. The minimum Gasteiger partial charge on any atom is -0.481 e. The first-order valence-electron chi connectivity index (χ1n) is 7.10. The first-order valence-corrected chi connectivity index (χ1v) is 7.10. The van der Waals surface area contributed by atoms with Gasteiger partial charge in [0.15, 0.2) is 0 Å². The van der Waals surface area contributed by atoms with E-state index in [0.29, 0.717) is 6.04 Å². The van der Waals surface area contributed by atoms with E-state index >= 15 is 0 Å². The van der Waals surface area contributed by atoms with Gasteiger partial charge >= 0.3 is 5.97 Å². The van der Waals surface area contributed by atoms with Crippen LogP contribution in [0.5, 0.6) is 0 Å². The summed E-state index contributed by atoms with van der Waals surface area (Å²) in [5.74, 6) is -0.781. The van der Waals surface area contributed by atoms with Crippen LogP contribution in [-0.4, -0.2) is 22.7 Å². The average molecular weight is 255 g/mol. The van der Waals surface area contributed by atoms with E-state index in [-0.39, 0.29) is 16.9 Å². The lowest BCUT2D eigenvalue weighted by Crippen LogP contribution is -2.50. The highest BCUT2D eigenvalue weighted by Gasteiger charge is 2.32. The molecule has 1 saturated carbocycles. The quantitative estimate of drug-likeness (QED) is 0.809. The summed E-state index contributed by atoms with van der Waals surface area (Å²) in [6.07, 6.45) is 4.85. The van der Waals surface area contributed by atoms with Gasteiger partial charge in [-0.05, 0) is 44.9 Å². The molecule has 0 spiro atoms. The zero-order chi connectivity index (χ0) is 14.0. The highest BCUT2D eigenvalue weighted by Crippen LogP contribution is 2.30. The van der Waals surface area contributed by atoms with Gasteiger partial charge in [-0.1, -0.05) is 27.2 Å². The van der Waals surface area contributed by atoms with Crippen molar-refractivity contribution in [2.45, 2.75) is 78.3 Å². The first kappa shape index (κ1) is 15.5. The lowest BCUT2D eigenvalue weighted by Gasteiger charge is -2.39. The Morgan fingerprint density at radius 1 is 1.22 bits per heavy atom. The molecule has 1 aliphatic rings. The summed E-state index contributed by atoms with van der Waals surface area (Å²) in [7, 11) is 0. The SMILES string of the molecule is CC(C)(C)CC(C)(C)NC1CCCC(C(=O)O)C1. The fourth-order valence-electron chi connectivity index (χ4n) is 3.47. The molecule has 1 fully saturated rings. The second-order valence-electron chi connectivity index (χ2n) is 7.66. The summed E-state index contributed by atoms with van der Waals surface area (Å²) in [5.41, 5.74) is 0.362. The van der Waals surface area contributed by atoms with Gasteiger partial charge in [0.1, 0.15) is 0 Å². The minimum absolute atomic E-state index is 0.0727. The normalized spacial score (nSPS) is 26.1. The maximum Gasteiger partial charge on any atom is 0.306 e. The Morgan fingerprint density at radius 2 is 1.83 bits per heavy atom. The van der Waals surface area contributed by atoms with Crippen LogP contribution in [0.25, 0.3) is 0 Å². The van der Waals surface area contributed by atoms with Crippen molar-refractivity contribution in [1.82, 2.24) is 5.32 Å². The molecule has 0 radical (unpaired) electrons. The molecule has 1 rings (SSSR count). The largest absolute Gasteiger partial charge is 0.481 e. The third-order valence-corrected chi connectivity index (χ3v) is 3.59. The van der Waals surface area contributed by atoms with Gasteiger partial charge < -0.3 is 10.4 Å². The van der Waals surface area contributed by atoms with Crippen molar-refractivity contribution in [3.05, 3.63) is 0 Å². The molecule has 3 nitrogen and oxygen atoms in total. The molecule has 2 unspecified atom stereocenters. The van der Waals surface area contributed by atoms with Crippen molar-refractivity contribution in [1.29, 1.82) is 0 Å². The molecule has 2 atom stereocenters. The lowest BCUT2D eigenvalue weighted by atomic mass is 9.79. The highest BCUT2D eigenvalue weighted by molar-refractivity contribution is 5.70. The van der Waals surface area contributed by atoms with Gasteiger partial charge in [0.05, 0.1) is 5.92 Å². The van der Waals surface area contributed by atoms with Crippen molar-refractivity contribution in [3.8, 4) is 0 Å². The first-order chi connectivity index (χ1) is 8.09. The maximum absolute atomic E-state index is 11.1. The van der Waals surface area contributed by atoms with Gasteiger partial charge in [-0.3, -0.25) is 4.79 Å². The van der Waals surface area contributed by atoms with E-state index in [1.54, 1.807) is 0 Å². The molecule has 106 valence electrons. The summed E-state index contributed by atoms with van der Waals surface area (Å²) in [5, 5.41) is 12.8. The van der Waals surface area contributed by atoms with E-state index in [4.69, 9.17) is 5.11 Å². The standard InChI is InChI=1S/C15H29NO2/c1-14(2,3)10-15(4,5)16-12-8-6-7-11(9-12)13(17)18/h11-12,16H,6-10H2,1-5H3,(H,17,18). The monoisotopic (exact) mass is 255 g/mol. The van der Waals surface area contributed by atoms with Crippen LogP contribution in [-0.2, 0) is 4.79 Å². The van der Waals surface area contributed by atoms with Gasteiger partial charge in [0, 0.05) is 11.6 Å². The fourth-order valence-corrected chi connectivity index (χ4v) is 3.47. The molecule has 2 N–H and O–H groups in total. The topological polar surface area (TPSA) is 49.3 Å². The highest BCUT2D eigenvalue weighted by atomic mass is 16.4. The van der Waals surface area contributed by atoms with Gasteiger partial charge in [-0.15, -0.1) is 0 Å². The number of hydrogen-bond acceptors (Lipinski definition) is 2. The Hall–Kier alpha value is -0.570. The lowest BCUT2D eigenvalue weighted by molar-refractivity contribution is -0.143. The molecule has 1 aliphatic carbocycles. The van der Waals surface area contributed by atoms with Crippen LogP contribution in [0.15, 0.2) is 0 Å². The number of carboxylic acid groups (broad SMARTS) is 1. The zero-order valence-corrected chi connectivity index (χ0v) is 12.5. The van der Waals surface area contributed by atoms with E-state index in [9.17, 15) is 4.79 Å². The van der Waals surface area contributed by atoms with Crippen LogP contribution < -0.4 is 5.32 Å². The molecule has 0 saturated heterocycles. The number of hydrogen-bond donors (Lipinski definition) is 2. The smallest absolute Gasteiger partial charge is 0.306 e. The van der Waals surface area contributed by atoms with Crippen LogP contribution in [0, 0.1) is 11.3 Å². The van der Waals surface area contributed by atoms with Gasteiger partial charge in [-0.2, -0.15) is 0 Å². The molecule has 0 aromatic carbocycles. The van der Waals surface area contributed by atoms with Crippen LogP contribution >= 0.6 is 0 Å². The third-order valence-electron chi connectivity index (χ3n) is 3.59. The van der Waals surface area contributed by atoms with Crippen molar-refractivity contribution in [2.75, 3.05) is 0 Å². The van der Waals surface area contributed by atoms with E-state index in [2.05, 4.69) is 39.9 Å². The zero-order valence-electron chi connectivity index (χ0n) is 12.5. The van der Waals surface area contributed by atoms with E-state index < -0.39 is 5.97 Å². The second kappa shape index (κ2) is 5.60. The molecule has 0 aromatic heterocycles. The van der Waals surface area contributed by atoms with Crippen molar-refractivity contribution < 1.29 is 9.90 Å². The molecule has 0 bridgehead atoms. The van der Waals surface area contributed by atoms with Gasteiger partial charge in [0.25, 0.3) is 0 Å². The molecule has 3 heteroatoms. The molecule has 0 aromatic rings. The van der Waals surface area contributed by atoms with Crippen LogP contribution in [0.3, 0.4) is 0 Å². The Morgan fingerprint density at radius 3 is 2.33 bits per heavy atom. The summed E-state index contributed by atoms with van der Waals surface area (Å²) in [4.78, 5) is 11.1. The van der Waals surface area contributed by atoms with Crippen molar-refractivity contribution >= 4 is 5.97 Å². The average Bonchev–Trinajstić information content (AvgIpc) is 2.12. The number of rotatable bonds is 4. The molecular formula is C15H29NO2. The third kappa shape index (κ3) is 5.38. The number of carboxylic acids is 1. The molecule has 18 heavy (non-hydrogen) atoms. The van der Waals surface area contributed by atoms with Crippen molar-refractivity contribution in [3.63, 3.8) is 0 Å².